The highest BCUT2D eigenvalue weighted by atomic mass is 16.6. The Morgan fingerprint density at radius 2 is 1.32 bits per heavy atom. The molecular weight excluding hydrogens is 356 g/mol. The molecule has 0 aromatic heterocycles. The molecule has 0 unspecified atom stereocenters. The molecule has 0 saturated heterocycles. The Morgan fingerprint density at radius 1 is 0.857 bits per heavy atom. The quantitative estimate of drug-likeness (QED) is 0.352. The van der Waals surface area contributed by atoms with Gasteiger partial charge in [-0.05, 0) is 59.7 Å². The summed E-state index contributed by atoms with van der Waals surface area (Å²) in [6.45, 7) is 0.676. The Bertz CT molecular complexity index is 952. The van der Waals surface area contributed by atoms with Gasteiger partial charge < -0.3 is 10.0 Å². The number of likely N-dealkylation sites (N-methyl/N-ethyl adjacent to an activating group) is 1. The number of azo groups is 1. The number of nitro benzene ring substituents is 1. The van der Waals surface area contributed by atoms with Crippen molar-refractivity contribution in [2.75, 3.05) is 25.1 Å². The molecule has 3 aromatic carbocycles. The van der Waals surface area contributed by atoms with Crippen LogP contribution in [-0.2, 0) is 0 Å². The SMILES string of the molecule is CN(CCO)c1ccc(N=Nc2ccc(-c3ccc([N+](=O)[O-])cc3)cc2)cc1. The maximum atomic E-state index is 10.7. The molecule has 3 aromatic rings. The van der Waals surface area contributed by atoms with Crippen molar-refractivity contribution in [3.8, 4) is 11.1 Å². The van der Waals surface area contributed by atoms with Gasteiger partial charge in [0.25, 0.3) is 5.69 Å². The van der Waals surface area contributed by atoms with Crippen molar-refractivity contribution >= 4 is 22.7 Å². The van der Waals surface area contributed by atoms with Crippen molar-refractivity contribution in [2.45, 2.75) is 0 Å². The molecule has 0 fully saturated rings. The zero-order chi connectivity index (χ0) is 19.9. The molecular formula is C21H20N4O3. The first-order valence-electron chi connectivity index (χ1n) is 8.75. The summed E-state index contributed by atoms with van der Waals surface area (Å²) in [5, 5.41) is 28.2. The minimum Gasteiger partial charge on any atom is -0.395 e. The lowest BCUT2D eigenvalue weighted by Gasteiger charge is -2.17. The first kappa shape index (κ1) is 19.2. The standard InChI is InChI=1S/C21H20N4O3/c1-24(14-15-26)20-12-8-19(9-13-20)23-22-18-6-2-16(3-7-18)17-4-10-21(11-5-17)25(27)28/h2-13,26H,14-15H2,1H3. The summed E-state index contributed by atoms with van der Waals surface area (Å²) in [7, 11) is 1.92. The number of non-ortho nitro benzene ring substituents is 1. The smallest absolute Gasteiger partial charge is 0.269 e. The van der Waals surface area contributed by atoms with E-state index in [1.54, 1.807) is 12.1 Å². The molecule has 7 nitrogen and oxygen atoms in total. The molecule has 0 atom stereocenters. The summed E-state index contributed by atoms with van der Waals surface area (Å²) in [5.74, 6) is 0. The fraction of sp³-hybridized carbons (Fsp3) is 0.143. The van der Waals surface area contributed by atoms with Gasteiger partial charge in [0, 0.05) is 31.4 Å². The van der Waals surface area contributed by atoms with E-state index in [1.807, 2.05) is 60.5 Å². The van der Waals surface area contributed by atoms with Gasteiger partial charge in [-0.2, -0.15) is 10.2 Å². The molecule has 0 aliphatic rings. The van der Waals surface area contributed by atoms with Crippen LogP contribution in [-0.4, -0.2) is 30.2 Å². The van der Waals surface area contributed by atoms with Crippen molar-refractivity contribution in [1.29, 1.82) is 0 Å². The number of hydrogen-bond donors (Lipinski definition) is 1. The predicted molar refractivity (Wildman–Crippen MR) is 110 cm³/mol. The second-order valence-electron chi connectivity index (χ2n) is 6.21. The number of nitrogens with zero attached hydrogens (tertiary/aromatic N) is 4. The van der Waals surface area contributed by atoms with E-state index in [-0.39, 0.29) is 12.3 Å². The Balaban J connectivity index is 1.67. The van der Waals surface area contributed by atoms with Crippen molar-refractivity contribution in [3.63, 3.8) is 0 Å². The number of rotatable bonds is 7. The number of benzene rings is 3. The lowest BCUT2D eigenvalue weighted by Crippen LogP contribution is -2.20. The van der Waals surface area contributed by atoms with E-state index in [4.69, 9.17) is 5.11 Å². The van der Waals surface area contributed by atoms with Gasteiger partial charge in [-0.25, -0.2) is 0 Å². The summed E-state index contributed by atoms with van der Waals surface area (Å²) in [5.41, 5.74) is 4.37. The van der Waals surface area contributed by atoms with Gasteiger partial charge in [-0.1, -0.05) is 12.1 Å². The fourth-order valence-electron chi connectivity index (χ4n) is 2.66. The topological polar surface area (TPSA) is 91.3 Å². The lowest BCUT2D eigenvalue weighted by atomic mass is 10.1. The summed E-state index contributed by atoms with van der Waals surface area (Å²) < 4.78 is 0. The van der Waals surface area contributed by atoms with Crippen LogP contribution in [0.2, 0.25) is 0 Å². The van der Waals surface area contributed by atoms with E-state index < -0.39 is 4.92 Å². The van der Waals surface area contributed by atoms with Crippen LogP contribution in [0.4, 0.5) is 22.7 Å². The van der Waals surface area contributed by atoms with Crippen molar-refractivity contribution in [1.82, 2.24) is 0 Å². The van der Waals surface area contributed by atoms with E-state index in [2.05, 4.69) is 10.2 Å². The van der Waals surface area contributed by atoms with Crippen LogP contribution >= 0.6 is 0 Å². The molecule has 0 spiro atoms. The number of aliphatic hydroxyl groups is 1. The van der Waals surface area contributed by atoms with Gasteiger partial charge in [0.05, 0.1) is 22.9 Å². The molecule has 142 valence electrons. The van der Waals surface area contributed by atoms with Crippen LogP contribution in [0.15, 0.2) is 83.0 Å². The number of aliphatic hydroxyl groups excluding tert-OH is 1. The van der Waals surface area contributed by atoms with Crippen LogP contribution in [0.1, 0.15) is 0 Å². The molecule has 0 aliphatic carbocycles. The zero-order valence-electron chi connectivity index (χ0n) is 15.4. The highest BCUT2D eigenvalue weighted by Gasteiger charge is 2.05. The second kappa shape index (κ2) is 8.88. The molecule has 0 aliphatic heterocycles. The third-order valence-electron chi connectivity index (χ3n) is 4.29. The number of hydrogen-bond acceptors (Lipinski definition) is 6. The second-order valence-corrected chi connectivity index (χ2v) is 6.21. The minimum absolute atomic E-state index is 0.0720. The van der Waals surface area contributed by atoms with Gasteiger partial charge in [-0.15, -0.1) is 0 Å². The largest absolute Gasteiger partial charge is 0.395 e. The van der Waals surface area contributed by atoms with Gasteiger partial charge in [0.15, 0.2) is 0 Å². The van der Waals surface area contributed by atoms with Gasteiger partial charge in [-0.3, -0.25) is 10.1 Å². The third kappa shape index (κ3) is 4.77. The van der Waals surface area contributed by atoms with Crippen LogP contribution in [0.25, 0.3) is 11.1 Å². The van der Waals surface area contributed by atoms with E-state index in [1.165, 1.54) is 12.1 Å². The predicted octanol–water partition coefficient (Wildman–Crippen LogP) is 5.11. The van der Waals surface area contributed by atoms with E-state index in [9.17, 15) is 10.1 Å². The van der Waals surface area contributed by atoms with Crippen molar-refractivity contribution < 1.29 is 10.0 Å². The maximum Gasteiger partial charge on any atom is 0.269 e. The third-order valence-corrected chi connectivity index (χ3v) is 4.29. The molecule has 28 heavy (non-hydrogen) atoms. The Kier molecular flexibility index (Phi) is 6.08. The Labute approximate surface area is 162 Å². The zero-order valence-corrected chi connectivity index (χ0v) is 15.4. The molecule has 0 heterocycles. The van der Waals surface area contributed by atoms with Crippen LogP contribution in [0.3, 0.4) is 0 Å². The summed E-state index contributed by atoms with van der Waals surface area (Å²) in [6.07, 6.45) is 0. The Hall–Kier alpha value is -3.58. The maximum absolute atomic E-state index is 10.7. The van der Waals surface area contributed by atoms with E-state index in [0.717, 1.165) is 22.5 Å². The van der Waals surface area contributed by atoms with Crippen LogP contribution in [0.5, 0.6) is 0 Å². The monoisotopic (exact) mass is 376 g/mol. The van der Waals surface area contributed by atoms with E-state index >= 15 is 0 Å². The molecule has 0 radical (unpaired) electrons. The highest BCUT2D eigenvalue weighted by molar-refractivity contribution is 5.66. The molecule has 0 bridgehead atoms. The summed E-state index contributed by atoms with van der Waals surface area (Å²) in [6, 6.07) is 21.6. The number of nitro groups is 1. The van der Waals surface area contributed by atoms with Gasteiger partial charge in [0.2, 0.25) is 0 Å². The number of anilines is 1. The first-order chi connectivity index (χ1) is 13.6. The summed E-state index contributed by atoms with van der Waals surface area (Å²) in [4.78, 5) is 12.3. The lowest BCUT2D eigenvalue weighted by molar-refractivity contribution is -0.384. The summed E-state index contributed by atoms with van der Waals surface area (Å²) >= 11 is 0. The molecule has 0 amide bonds. The van der Waals surface area contributed by atoms with Crippen LogP contribution < -0.4 is 4.90 Å². The fourth-order valence-corrected chi connectivity index (χ4v) is 2.66. The van der Waals surface area contributed by atoms with Gasteiger partial charge in [0.1, 0.15) is 0 Å². The van der Waals surface area contributed by atoms with Crippen LogP contribution in [0, 0.1) is 10.1 Å². The molecule has 0 saturated carbocycles. The van der Waals surface area contributed by atoms with E-state index in [0.29, 0.717) is 12.2 Å². The average Bonchev–Trinajstić information content (AvgIpc) is 2.73. The molecule has 7 heteroatoms. The highest BCUT2D eigenvalue weighted by Crippen LogP contribution is 2.26. The van der Waals surface area contributed by atoms with Crippen molar-refractivity contribution in [2.24, 2.45) is 10.2 Å². The van der Waals surface area contributed by atoms with Crippen molar-refractivity contribution in [3.05, 3.63) is 82.9 Å². The Morgan fingerprint density at radius 3 is 1.79 bits per heavy atom. The normalized spacial score (nSPS) is 10.9. The first-order valence-corrected chi connectivity index (χ1v) is 8.75. The molecule has 3 rings (SSSR count). The minimum atomic E-state index is -0.412. The molecule has 1 N–H and O–H groups in total. The van der Waals surface area contributed by atoms with Gasteiger partial charge >= 0.3 is 0 Å². The average molecular weight is 376 g/mol.